The van der Waals surface area contributed by atoms with Crippen LogP contribution in [-0.4, -0.2) is 29.3 Å². The maximum Gasteiger partial charge on any atom is 0.309 e. The predicted molar refractivity (Wildman–Crippen MR) is 106 cm³/mol. The maximum atomic E-state index is 10.8. The van der Waals surface area contributed by atoms with E-state index in [2.05, 4.69) is 4.98 Å². The molecule has 0 radical (unpaired) electrons. The highest BCUT2D eigenvalue weighted by Gasteiger charge is 2.12. The van der Waals surface area contributed by atoms with Crippen LogP contribution >= 0.6 is 11.3 Å². The Hall–Kier alpha value is -2.86. The van der Waals surface area contributed by atoms with Gasteiger partial charge in [-0.3, -0.25) is 4.79 Å². The number of carboxylic acids is 1. The lowest BCUT2D eigenvalue weighted by Gasteiger charge is -2.13. The molecule has 27 heavy (non-hydrogen) atoms. The molecule has 0 amide bonds. The summed E-state index contributed by atoms with van der Waals surface area (Å²) in [5.74, 6) is 0.714. The monoisotopic (exact) mass is 383 g/mol. The number of ether oxygens (including phenoxy) is 2. The first kappa shape index (κ1) is 18.9. The Morgan fingerprint density at radius 2 is 1.74 bits per heavy atom. The summed E-state index contributed by atoms with van der Waals surface area (Å²) in [5.41, 5.74) is 3.61. The van der Waals surface area contributed by atoms with Crippen LogP contribution in [0.3, 0.4) is 0 Å². The largest absolute Gasteiger partial charge is 0.489 e. The number of nitrogens with zero attached hydrogens (tertiary/aromatic N) is 1. The van der Waals surface area contributed by atoms with Gasteiger partial charge in [-0.05, 0) is 37.1 Å². The topological polar surface area (TPSA) is 68.7 Å². The highest BCUT2D eigenvalue weighted by atomic mass is 32.1. The van der Waals surface area contributed by atoms with Crippen LogP contribution in [0.25, 0.3) is 10.6 Å². The Labute approximate surface area is 162 Å². The minimum Gasteiger partial charge on any atom is -0.489 e. The number of hydrogen-bond donors (Lipinski definition) is 1. The second kappa shape index (κ2) is 8.68. The zero-order valence-corrected chi connectivity index (χ0v) is 16.1. The van der Waals surface area contributed by atoms with Gasteiger partial charge in [-0.25, -0.2) is 4.98 Å². The molecular weight excluding hydrogens is 362 g/mol. The number of thiazole rings is 1. The van der Waals surface area contributed by atoms with E-state index in [0.717, 1.165) is 27.4 Å². The molecule has 140 valence electrons. The second-order valence-corrected chi connectivity index (χ2v) is 6.99. The number of carbonyl (C=O) groups is 1. The molecule has 5 nitrogen and oxygen atoms in total. The minimum atomic E-state index is -0.889. The van der Waals surface area contributed by atoms with Crippen molar-refractivity contribution in [2.45, 2.75) is 20.3 Å². The molecule has 0 aliphatic heterocycles. The lowest BCUT2D eigenvalue weighted by Crippen LogP contribution is -2.10. The third kappa shape index (κ3) is 4.86. The molecule has 0 aliphatic carbocycles. The molecule has 0 unspecified atom stereocenters. The zero-order valence-electron chi connectivity index (χ0n) is 15.3. The van der Waals surface area contributed by atoms with Gasteiger partial charge in [0, 0.05) is 5.38 Å². The minimum absolute atomic E-state index is 0.0802. The van der Waals surface area contributed by atoms with Gasteiger partial charge in [-0.2, -0.15) is 0 Å². The van der Waals surface area contributed by atoms with Gasteiger partial charge in [0.2, 0.25) is 0 Å². The number of aryl methyl sites for hydroxylation is 2. The number of carboxylic acid groups (broad SMARTS) is 1. The smallest absolute Gasteiger partial charge is 0.309 e. The van der Waals surface area contributed by atoms with E-state index in [1.54, 1.807) is 5.38 Å². The molecule has 1 heterocycles. The molecule has 0 aliphatic rings. The summed E-state index contributed by atoms with van der Waals surface area (Å²) in [6.45, 7) is 4.88. The van der Waals surface area contributed by atoms with E-state index in [-0.39, 0.29) is 6.42 Å². The van der Waals surface area contributed by atoms with Crippen molar-refractivity contribution in [1.82, 2.24) is 4.98 Å². The number of hydrogen-bond acceptors (Lipinski definition) is 5. The van der Waals surface area contributed by atoms with E-state index in [1.807, 2.05) is 56.3 Å². The van der Waals surface area contributed by atoms with Crippen LogP contribution in [0.4, 0.5) is 0 Å². The number of para-hydroxylation sites is 2. The third-order valence-corrected chi connectivity index (χ3v) is 4.92. The average molecular weight is 383 g/mol. The SMILES string of the molecule is Cc1cccc(C)c1OCCOc1ccccc1-c1nc(CC(=O)O)cs1. The molecule has 0 fully saturated rings. The molecule has 0 saturated carbocycles. The summed E-state index contributed by atoms with van der Waals surface area (Å²) in [7, 11) is 0. The van der Waals surface area contributed by atoms with Crippen LogP contribution in [-0.2, 0) is 11.2 Å². The average Bonchev–Trinajstić information content (AvgIpc) is 3.08. The van der Waals surface area contributed by atoms with E-state index in [4.69, 9.17) is 14.6 Å². The van der Waals surface area contributed by atoms with Crippen molar-refractivity contribution in [3.63, 3.8) is 0 Å². The molecule has 1 aromatic heterocycles. The van der Waals surface area contributed by atoms with Crippen molar-refractivity contribution in [3.8, 4) is 22.1 Å². The first-order chi connectivity index (χ1) is 13.0. The number of benzene rings is 2. The first-order valence-electron chi connectivity index (χ1n) is 8.62. The van der Waals surface area contributed by atoms with Crippen molar-refractivity contribution < 1.29 is 19.4 Å². The fourth-order valence-electron chi connectivity index (χ4n) is 2.76. The van der Waals surface area contributed by atoms with Crippen molar-refractivity contribution >= 4 is 17.3 Å². The number of rotatable bonds is 8. The zero-order chi connectivity index (χ0) is 19.2. The number of aromatic nitrogens is 1. The van der Waals surface area contributed by atoms with Gasteiger partial charge >= 0.3 is 5.97 Å². The standard InChI is InChI=1S/C21H21NO4S/c1-14-6-5-7-15(2)20(14)26-11-10-25-18-9-4-3-8-17(18)21-22-16(13-27-21)12-19(23)24/h3-9,13H,10-12H2,1-2H3,(H,23,24). The molecule has 3 aromatic rings. The van der Waals surface area contributed by atoms with E-state index >= 15 is 0 Å². The van der Waals surface area contributed by atoms with Gasteiger partial charge in [-0.15, -0.1) is 11.3 Å². The Balaban J connectivity index is 1.64. The van der Waals surface area contributed by atoms with Crippen LogP contribution in [0, 0.1) is 13.8 Å². The molecule has 0 spiro atoms. The molecule has 3 rings (SSSR count). The van der Waals surface area contributed by atoms with Gasteiger partial charge in [0.1, 0.15) is 29.7 Å². The van der Waals surface area contributed by atoms with E-state index in [1.165, 1.54) is 11.3 Å². The van der Waals surface area contributed by atoms with Gasteiger partial charge in [0.05, 0.1) is 17.7 Å². The van der Waals surface area contributed by atoms with Gasteiger partial charge in [-0.1, -0.05) is 30.3 Å². The third-order valence-electron chi connectivity index (χ3n) is 4.00. The number of aliphatic carboxylic acids is 1. The highest BCUT2D eigenvalue weighted by molar-refractivity contribution is 7.13. The van der Waals surface area contributed by atoms with Crippen molar-refractivity contribution in [2.24, 2.45) is 0 Å². The van der Waals surface area contributed by atoms with E-state index < -0.39 is 5.97 Å². The fourth-order valence-corrected chi connectivity index (χ4v) is 3.61. The predicted octanol–water partition coefficient (Wildman–Crippen LogP) is 4.51. The van der Waals surface area contributed by atoms with E-state index in [9.17, 15) is 4.79 Å². The summed E-state index contributed by atoms with van der Waals surface area (Å²) in [6, 6.07) is 13.7. The van der Waals surface area contributed by atoms with Crippen LogP contribution in [0.5, 0.6) is 11.5 Å². The molecule has 1 N–H and O–H groups in total. The molecular formula is C21H21NO4S. The summed E-state index contributed by atoms with van der Waals surface area (Å²) in [4.78, 5) is 15.3. The van der Waals surface area contributed by atoms with Crippen molar-refractivity contribution in [2.75, 3.05) is 13.2 Å². The summed E-state index contributed by atoms with van der Waals surface area (Å²) in [5, 5.41) is 11.4. The van der Waals surface area contributed by atoms with Crippen LogP contribution < -0.4 is 9.47 Å². The van der Waals surface area contributed by atoms with Crippen LogP contribution in [0.15, 0.2) is 47.8 Å². The van der Waals surface area contributed by atoms with Crippen molar-refractivity contribution in [1.29, 1.82) is 0 Å². The lowest BCUT2D eigenvalue weighted by molar-refractivity contribution is -0.136. The van der Waals surface area contributed by atoms with Gasteiger partial charge in [0.15, 0.2) is 0 Å². The molecule has 6 heteroatoms. The Kier molecular flexibility index (Phi) is 6.08. The Morgan fingerprint density at radius 1 is 1.04 bits per heavy atom. The molecule has 2 aromatic carbocycles. The fraction of sp³-hybridized carbons (Fsp3) is 0.238. The van der Waals surface area contributed by atoms with Crippen LogP contribution in [0.1, 0.15) is 16.8 Å². The quantitative estimate of drug-likeness (QED) is 0.580. The van der Waals surface area contributed by atoms with Crippen LogP contribution in [0.2, 0.25) is 0 Å². The maximum absolute atomic E-state index is 10.8. The Bertz CT molecular complexity index is 915. The van der Waals surface area contributed by atoms with Gasteiger partial charge in [0.25, 0.3) is 0 Å². The molecule has 0 saturated heterocycles. The lowest BCUT2D eigenvalue weighted by atomic mass is 10.1. The van der Waals surface area contributed by atoms with E-state index in [0.29, 0.717) is 24.7 Å². The summed E-state index contributed by atoms with van der Waals surface area (Å²) >= 11 is 1.41. The highest BCUT2D eigenvalue weighted by Crippen LogP contribution is 2.32. The Morgan fingerprint density at radius 3 is 2.48 bits per heavy atom. The summed E-state index contributed by atoms with van der Waals surface area (Å²) < 4.78 is 11.8. The molecule has 0 bridgehead atoms. The van der Waals surface area contributed by atoms with Crippen molar-refractivity contribution in [3.05, 3.63) is 64.7 Å². The molecule has 0 atom stereocenters. The summed E-state index contributed by atoms with van der Waals surface area (Å²) in [6.07, 6.45) is -0.0802. The second-order valence-electron chi connectivity index (χ2n) is 6.13. The first-order valence-corrected chi connectivity index (χ1v) is 9.50. The van der Waals surface area contributed by atoms with Gasteiger partial charge < -0.3 is 14.6 Å². The normalized spacial score (nSPS) is 10.6.